The molecule has 5 rings (SSSR count). The van der Waals surface area contributed by atoms with E-state index in [0.717, 1.165) is 66.1 Å². The minimum absolute atomic E-state index is 0. The summed E-state index contributed by atoms with van der Waals surface area (Å²) in [5.41, 5.74) is -0.438. The van der Waals surface area contributed by atoms with Crippen molar-refractivity contribution in [3.63, 3.8) is 0 Å². The molecule has 5 fully saturated rings. The fourth-order valence-electron chi connectivity index (χ4n) is 6.66. The second-order valence-corrected chi connectivity index (χ2v) is 35.6. The number of hydrogen-bond donors (Lipinski definition) is 0. The van der Waals surface area contributed by atoms with Crippen molar-refractivity contribution in [3.05, 3.63) is 0 Å². The van der Waals surface area contributed by atoms with E-state index < -0.39 is 34.2 Å². The molecule has 64 heavy (non-hydrogen) atoms. The van der Waals surface area contributed by atoms with Crippen LogP contribution in [0.25, 0.3) is 0 Å². The molecule has 5 aliphatic rings. The quantitative estimate of drug-likeness (QED) is 0.145. The third-order valence-corrected chi connectivity index (χ3v) is 29.2. The van der Waals surface area contributed by atoms with Gasteiger partial charge >= 0.3 is 55.1 Å². The zero-order chi connectivity index (χ0) is 47.7. The third kappa shape index (κ3) is 33.6. The molecule has 0 aromatic rings. The van der Waals surface area contributed by atoms with Crippen LogP contribution in [0.4, 0.5) is 0 Å². The molecule has 0 saturated carbocycles. The molecule has 0 unspecified atom stereocenters. The Kier molecular flexibility index (Phi) is 54.5. The predicted octanol–water partition coefficient (Wildman–Crippen LogP) is 0.107. The molecule has 0 aliphatic carbocycles. The number of hydrogen-bond acceptors (Lipinski definition) is 13. The van der Waals surface area contributed by atoms with Gasteiger partial charge in [-0.25, -0.2) is 0 Å². The molecule has 0 spiro atoms. The Labute approximate surface area is 433 Å². The van der Waals surface area contributed by atoms with Gasteiger partial charge in [0.2, 0.25) is 0 Å². The van der Waals surface area contributed by atoms with Gasteiger partial charge < -0.3 is 61.6 Å². The van der Waals surface area contributed by atoms with Crippen LogP contribution in [0.3, 0.4) is 0 Å². The largest absolute Gasteiger partial charge is 4.00 e. The van der Waals surface area contributed by atoms with Gasteiger partial charge in [0.05, 0.1) is 34.2 Å². The average Bonchev–Trinajstić information content (AvgIpc) is 4.07. The van der Waals surface area contributed by atoms with Crippen molar-refractivity contribution in [2.24, 2.45) is 0 Å². The monoisotopic (exact) mass is 1010 g/mol. The van der Waals surface area contributed by atoms with Crippen molar-refractivity contribution in [1.29, 1.82) is 0 Å². The maximum atomic E-state index is 12.9. The Morgan fingerprint density at radius 1 is 0.281 bits per heavy atom. The Bertz CT molecular complexity index is 750. The van der Waals surface area contributed by atoms with E-state index in [1.54, 1.807) is 0 Å². The van der Waals surface area contributed by atoms with Crippen molar-refractivity contribution in [1.82, 2.24) is 0 Å². The normalized spacial score (nSPS) is 17.2. The Hall–Kier alpha value is 2.07. The van der Waals surface area contributed by atoms with Crippen molar-refractivity contribution in [3.8, 4) is 0 Å². The minimum Gasteiger partial charge on any atom is -1.00 e. The van der Waals surface area contributed by atoms with E-state index in [0.29, 0.717) is 0 Å². The van der Waals surface area contributed by atoms with Gasteiger partial charge in [0.15, 0.2) is 0 Å². The van der Waals surface area contributed by atoms with E-state index >= 15 is 0 Å². The van der Waals surface area contributed by atoms with Gasteiger partial charge in [-0.05, 0) is 109 Å². The molecule has 374 valence electrons. The van der Waals surface area contributed by atoms with Crippen LogP contribution in [0.5, 0.6) is 0 Å². The first-order valence-electron chi connectivity index (χ1n) is 23.7. The van der Waals surface area contributed by atoms with Gasteiger partial charge in [-0.1, -0.05) is 111 Å². The molecule has 5 aliphatic heterocycles. The van der Waals surface area contributed by atoms with Gasteiger partial charge in [-0.2, -0.15) is 0 Å². The smallest absolute Gasteiger partial charge is 1.00 e. The van der Waals surface area contributed by atoms with E-state index in [1.165, 1.54) is 64.2 Å². The number of rotatable bonds is 12. The fourth-order valence-corrected chi connectivity index (χ4v) is 23.5. The molecular formula is C44H96CrLi2O13Si4. The van der Waals surface area contributed by atoms with Crippen molar-refractivity contribution >= 4 is 34.2 Å². The summed E-state index contributed by atoms with van der Waals surface area (Å²) in [4.78, 5) is 51.5. The first-order valence-corrected chi connectivity index (χ1v) is 31.6. The van der Waals surface area contributed by atoms with Crippen LogP contribution >= 0.6 is 0 Å². The molecule has 5 heterocycles. The average molecular weight is 1010 g/mol. The van der Waals surface area contributed by atoms with Crippen molar-refractivity contribution in [2.45, 2.75) is 219 Å². The third-order valence-electron chi connectivity index (χ3n) is 11.2. The SMILES string of the molecule is C1CCOC1.C1CCOC1.C1CCOC1.C1CCOC1.C1CCOC1.CC(C)[Si]([O-])(O[Si]([O-])(C(C)C)C(C)C)C(C)C.CC(C)[Si]([O-])(O[Si]([O-])(C(C)C)C(C)C)C(C)C.[Cr+4].[Li+].[Li+].[O-][O-]. The van der Waals surface area contributed by atoms with Crippen LogP contribution in [0.15, 0.2) is 0 Å². The summed E-state index contributed by atoms with van der Waals surface area (Å²) < 4.78 is 36.4. The van der Waals surface area contributed by atoms with Gasteiger partial charge in [0, 0.05) is 66.1 Å². The molecule has 20 heteroatoms. The van der Waals surface area contributed by atoms with Gasteiger partial charge in [-0.3, -0.25) is 0 Å². The Morgan fingerprint density at radius 2 is 0.375 bits per heavy atom. The van der Waals surface area contributed by atoms with E-state index in [2.05, 4.69) is 0 Å². The van der Waals surface area contributed by atoms with Crippen LogP contribution in [-0.2, 0) is 49.3 Å². The predicted molar refractivity (Wildman–Crippen MR) is 246 cm³/mol. The maximum absolute atomic E-state index is 12.9. The Balaban J connectivity index is -0.000000163. The molecule has 0 atom stereocenters. The maximum Gasteiger partial charge on any atom is 4.00 e. The van der Waals surface area contributed by atoms with Gasteiger partial charge in [0.1, 0.15) is 0 Å². The van der Waals surface area contributed by atoms with E-state index in [9.17, 15) is 19.2 Å². The molecule has 0 N–H and O–H groups in total. The fraction of sp³-hybridized carbons (Fsp3) is 1.00. The van der Waals surface area contributed by atoms with E-state index in [-0.39, 0.29) is 99.4 Å². The molecule has 0 aromatic carbocycles. The molecular weight excluding hydrogens is 915 g/mol. The van der Waals surface area contributed by atoms with Crippen LogP contribution in [0.2, 0.25) is 44.3 Å². The Morgan fingerprint density at radius 3 is 0.422 bits per heavy atom. The summed E-state index contributed by atoms with van der Waals surface area (Å²) in [6.45, 7) is 40.4. The second kappa shape index (κ2) is 45.0. The zero-order valence-corrected chi connectivity index (χ0v) is 49.8. The molecule has 13 nitrogen and oxygen atoms in total. The minimum atomic E-state index is -3.17. The summed E-state index contributed by atoms with van der Waals surface area (Å²) in [5, 5.41) is 14.0. The summed E-state index contributed by atoms with van der Waals surface area (Å²) in [7, 11) is -12.7. The summed E-state index contributed by atoms with van der Waals surface area (Å²) >= 11 is 0. The molecule has 0 bridgehead atoms. The van der Waals surface area contributed by atoms with Gasteiger partial charge in [-0.15, -0.1) is 0 Å². The summed E-state index contributed by atoms with van der Waals surface area (Å²) in [5.74, 6) is 0. The summed E-state index contributed by atoms with van der Waals surface area (Å²) in [6, 6.07) is 0. The molecule has 0 amide bonds. The van der Waals surface area contributed by atoms with E-state index in [1.807, 2.05) is 111 Å². The zero-order valence-electron chi connectivity index (χ0n) is 44.5. The van der Waals surface area contributed by atoms with Crippen LogP contribution < -0.4 is 67.4 Å². The van der Waals surface area contributed by atoms with Crippen molar-refractivity contribution in [2.75, 3.05) is 66.1 Å². The summed E-state index contributed by atoms with van der Waals surface area (Å²) in [6.07, 6.45) is 12.8. The number of ether oxygens (including phenoxy) is 5. The molecule has 0 aromatic heterocycles. The molecule has 5 saturated heterocycles. The van der Waals surface area contributed by atoms with Crippen molar-refractivity contribution < 1.29 is 117 Å². The first kappa shape index (κ1) is 77.5. The molecule has 0 radical (unpaired) electrons. The first-order chi connectivity index (χ1) is 28.5. The standard InChI is InChI=1S/2C12H28O3Si2.5C4H8O.Cr.2Li.O2/c2*1-9(2)16(13,10(3)4)15-17(14,11(5)6)12(7)8;5*1-2-4-5-3-1;;;;1-2/h2*9-12H,1-8H3;5*1-4H2;;;;/q2*-2;;;;;;+4;2*+1;-2. The van der Waals surface area contributed by atoms with Crippen LogP contribution in [0, 0.1) is 0 Å². The second-order valence-electron chi connectivity index (χ2n) is 18.9. The van der Waals surface area contributed by atoms with Crippen LogP contribution in [-0.4, -0.2) is 100 Å². The van der Waals surface area contributed by atoms with Crippen LogP contribution in [0.1, 0.15) is 175 Å². The topological polar surface area (TPSA) is 203 Å². The van der Waals surface area contributed by atoms with Gasteiger partial charge in [0.25, 0.3) is 0 Å². The van der Waals surface area contributed by atoms with E-state index in [4.69, 9.17) is 42.4 Å².